The Morgan fingerprint density at radius 1 is 1.47 bits per heavy atom. The van der Waals surface area contributed by atoms with Crippen LogP contribution < -0.4 is 5.73 Å². The van der Waals surface area contributed by atoms with Crippen molar-refractivity contribution in [2.24, 2.45) is 7.05 Å². The standard InChI is InChI=1S/C11H12N2O2/c1-6-3-4-8-7(5-6)9(12)10(11(14)15)13(8)2/h3-5H,12H2,1-2H3,(H,14,15). The predicted octanol–water partition coefficient (Wildman–Crippen LogP) is 1.77. The molecule has 1 aromatic carbocycles. The second-order valence-corrected chi connectivity index (χ2v) is 3.65. The molecule has 1 aromatic heterocycles. The van der Waals surface area contributed by atoms with Gasteiger partial charge in [-0.05, 0) is 19.1 Å². The van der Waals surface area contributed by atoms with E-state index in [0.717, 1.165) is 16.5 Å². The van der Waals surface area contributed by atoms with Gasteiger partial charge in [0.1, 0.15) is 0 Å². The number of aromatic carboxylic acids is 1. The van der Waals surface area contributed by atoms with Gasteiger partial charge in [0.2, 0.25) is 0 Å². The zero-order chi connectivity index (χ0) is 11.2. The van der Waals surface area contributed by atoms with E-state index >= 15 is 0 Å². The summed E-state index contributed by atoms with van der Waals surface area (Å²) in [5.41, 5.74) is 8.20. The van der Waals surface area contributed by atoms with Crippen LogP contribution in [0.1, 0.15) is 16.1 Å². The molecule has 0 spiro atoms. The smallest absolute Gasteiger partial charge is 0.354 e. The summed E-state index contributed by atoms with van der Waals surface area (Å²) in [6, 6.07) is 5.72. The molecule has 0 saturated heterocycles. The molecule has 2 rings (SSSR count). The molecule has 78 valence electrons. The fraction of sp³-hybridized carbons (Fsp3) is 0.182. The first-order valence-corrected chi connectivity index (χ1v) is 4.60. The minimum atomic E-state index is -0.996. The first kappa shape index (κ1) is 9.58. The average Bonchev–Trinajstić information content (AvgIpc) is 2.39. The van der Waals surface area contributed by atoms with Crippen molar-refractivity contribution in [3.63, 3.8) is 0 Å². The van der Waals surface area contributed by atoms with Gasteiger partial charge in [-0.3, -0.25) is 0 Å². The Balaban J connectivity index is 2.91. The van der Waals surface area contributed by atoms with Crippen molar-refractivity contribution in [3.8, 4) is 0 Å². The molecule has 0 unspecified atom stereocenters. The molecule has 15 heavy (non-hydrogen) atoms. The SMILES string of the molecule is Cc1ccc2c(c1)c(N)c(C(=O)O)n2C. The third-order valence-electron chi connectivity index (χ3n) is 2.60. The third-order valence-corrected chi connectivity index (χ3v) is 2.60. The third kappa shape index (κ3) is 1.26. The lowest BCUT2D eigenvalue weighted by Gasteiger charge is -1.98. The molecule has 2 aromatic rings. The van der Waals surface area contributed by atoms with Gasteiger partial charge in [0.25, 0.3) is 0 Å². The monoisotopic (exact) mass is 204 g/mol. The second kappa shape index (κ2) is 3.02. The number of nitrogen functional groups attached to an aromatic ring is 1. The van der Waals surface area contributed by atoms with Gasteiger partial charge in [0.15, 0.2) is 5.69 Å². The van der Waals surface area contributed by atoms with Crippen LogP contribution in [0.5, 0.6) is 0 Å². The number of carbonyl (C=O) groups is 1. The number of nitrogens with zero attached hydrogens (tertiary/aromatic N) is 1. The minimum absolute atomic E-state index is 0.149. The lowest BCUT2D eigenvalue weighted by atomic mass is 10.1. The van der Waals surface area contributed by atoms with Crippen molar-refractivity contribution >= 4 is 22.6 Å². The van der Waals surface area contributed by atoms with E-state index in [1.165, 1.54) is 0 Å². The van der Waals surface area contributed by atoms with Crippen molar-refractivity contribution < 1.29 is 9.90 Å². The summed E-state index contributed by atoms with van der Waals surface area (Å²) in [6.45, 7) is 1.95. The van der Waals surface area contributed by atoms with Crippen LogP contribution in [0, 0.1) is 6.92 Å². The molecular formula is C11H12N2O2. The number of rotatable bonds is 1. The number of fused-ring (bicyclic) bond motifs is 1. The highest BCUT2D eigenvalue weighted by atomic mass is 16.4. The van der Waals surface area contributed by atoms with Gasteiger partial charge in [0, 0.05) is 12.4 Å². The lowest BCUT2D eigenvalue weighted by Crippen LogP contribution is -2.06. The van der Waals surface area contributed by atoms with E-state index in [0.29, 0.717) is 5.69 Å². The van der Waals surface area contributed by atoms with E-state index in [2.05, 4.69) is 0 Å². The van der Waals surface area contributed by atoms with Crippen LogP contribution in [-0.4, -0.2) is 15.6 Å². The molecule has 3 N–H and O–H groups in total. The molecule has 4 heteroatoms. The fourth-order valence-electron chi connectivity index (χ4n) is 1.85. The molecule has 0 amide bonds. The summed E-state index contributed by atoms with van der Waals surface area (Å²) in [4.78, 5) is 11.0. The van der Waals surface area contributed by atoms with Crippen LogP contribution in [0.2, 0.25) is 0 Å². The van der Waals surface area contributed by atoms with Crippen molar-refractivity contribution in [1.29, 1.82) is 0 Å². The Bertz CT molecular complexity index is 555. The molecule has 0 radical (unpaired) electrons. The molecular weight excluding hydrogens is 192 g/mol. The lowest BCUT2D eigenvalue weighted by molar-refractivity contribution is 0.0688. The zero-order valence-corrected chi connectivity index (χ0v) is 8.61. The summed E-state index contributed by atoms with van der Waals surface area (Å²) in [5.74, 6) is -0.996. The highest BCUT2D eigenvalue weighted by Crippen LogP contribution is 2.28. The summed E-state index contributed by atoms with van der Waals surface area (Å²) in [5, 5.41) is 9.82. The molecule has 0 bridgehead atoms. The number of carboxylic acid groups (broad SMARTS) is 1. The summed E-state index contributed by atoms with van der Waals surface area (Å²) in [6.07, 6.45) is 0. The highest BCUT2D eigenvalue weighted by Gasteiger charge is 2.17. The fourth-order valence-corrected chi connectivity index (χ4v) is 1.85. The number of aryl methyl sites for hydroxylation is 2. The molecule has 0 atom stereocenters. The maximum atomic E-state index is 11.0. The Morgan fingerprint density at radius 3 is 2.73 bits per heavy atom. The Labute approximate surface area is 86.9 Å². The molecule has 0 aliphatic carbocycles. The molecule has 4 nitrogen and oxygen atoms in total. The molecule has 0 saturated carbocycles. The van der Waals surface area contributed by atoms with Gasteiger partial charge in [-0.15, -0.1) is 0 Å². The summed E-state index contributed by atoms with van der Waals surface area (Å²) < 4.78 is 1.60. The number of aromatic nitrogens is 1. The Kier molecular flexibility index (Phi) is 1.93. The molecule has 0 aliphatic heterocycles. The number of hydrogen-bond acceptors (Lipinski definition) is 2. The van der Waals surface area contributed by atoms with Crippen molar-refractivity contribution in [2.75, 3.05) is 5.73 Å². The van der Waals surface area contributed by atoms with Crippen LogP contribution >= 0.6 is 0 Å². The van der Waals surface area contributed by atoms with Crippen molar-refractivity contribution in [2.45, 2.75) is 6.92 Å². The van der Waals surface area contributed by atoms with Crippen molar-refractivity contribution in [3.05, 3.63) is 29.5 Å². The minimum Gasteiger partial charge on any atom is -0.477 e. The van der Waals surface area contributed by atoms with Crippen LogP contribution in [0.25, 0.3) is 10.9 Å². The van der Waals surface area contributed by atoms with E-state index in [-0.39, 0.29) is 5.69 Å². The van der Waals surface area contributed by atoms with E-state index in [1.807, 2.05) is 25.1 Å². The molecule has 1 heterocycles. The summed E-state index contributed by atoms with van der Waals surface area (Å²) in [7, 11) is 1.71. The maximum absolute atomic E-state index is 11.0. The zero-order valence-electron chi connectivity index (χ0n) is 8.61. The number of nitrogens with two attached hydrogens (primary N) is 1. The van der Waals surface area contributed by atoms with Gasteiger partial charge in [-0.1, -0.05) is 11.6 Å². The predicted molar refractivity (Wildman–Crippen MR) is 59.0 cm³/mol. The van der Waals surface area contributed by atoms with Crippen LogP contribution in [0.15, 0.2) is 18.2 Å². The normalized spacial score (nSPS) is 10.8. The van der Waals surface area contributed by atoms with E-state index in [4.69, 9.17) is 10.8 Å². The van der Waals surface area contributed by atoms with Gasteiger partial charge >= 0.3 is 5.97 Å². The van der Waals surface area contributed by atoms with Crippen LogP contribution in [0.3, 0.4) is 0 Å². The second-order valence-electron chi connectivity index (χ2n) is 3.65. The first-order chi connectivity index (χ1) is 7.02. The first-order valence-electron chi connectivity index (χ1n) is 4.60. The van der Waals surface area contributed by atoms with E-state index in [1.54, 1.807) is 11.6 Å². The van der Waals surface area contributed by atoms with Crippen LogP contribution in [-0.2, 0) is 7.05 Å². The number of hydrogen-bond donors (Lipinski definition) is 2. The van der Waals surface area contributed by atoms with Crippen LogP contribution in [0.4, 0.5) is 5.69 Å². The Hall–Kier alpha value is -1.97. The van der Waals surface area contributed by atoms with E-state index in [9.17, 15) is 4.79 Å². The molecule has 0 fully saturated rings. The molecule has 0 aliphatic rings. The van der Waals surface area contributed by atoms with Gasteiger partial charge in [0.05, 0.1) is 11.2 Å². The topological polar surface area (TPSA) is 68.2 Å². The van der Waals surface area contributed by atoms with Crippen molar-refractivity contribution in [1.82, 2.24) is 4.57 Å². The number of benzene rings is 1. The van der Waals surface area contributed by atoms with E-state index < -0.39 is 5.97 Å². The quantitative estimate of drug-likeness (QED) is 0.743. The van der Waals surface area contributed by atoms with Gasteiger partial charge in [-0.25, -0.2) is 4.79 Å². The number of anilines is 1. The largest absolute Gasteiger partial charge is 0.477 e. The Morgan fingerprint density at radius 2 is 2.13 bits per heavy atom. The highest BCUT2D eigenvalue weighted by molar-refractivity contribution is 6.05. The summed E-state index contributed by atoms with van der Waals surface area (Å²) >= 11 is 0. The average molecular weight is 204 g/mol. The van der Waals surface area contributed by atoms with Gasteiger partial charge < -0.3 is 15.4 Å². The maximum Gasteiger partial charge on any atom is 0.354 e. The van der Waals surface area contributed by atoms with Gasteiger partial charge in [-0.2, -0.15) is 0 Å². The number of carboxylic acids is 1.